The molecule has 0 spiro atoms. The Hall–Kier alpha value is -3.42. The third-order valence-corrected chi connectivity index (χ3v) is 7.63. The van der Waals surface area contributed by atoms with Gasteiger partial charge in [-0.15, -0.1) is 5.10 Å². The van der Waals surface area contributed by atoms with Crippen molar-refractivity contribution in [3.8, 4) is 5.75 Å². The summed E-state index contributed by atoms with van der Waals surface area (Å²) in [5, 5.41) is 18.7. The van der Waals surface area contributed by atoms with Crippen molar-refractivity contribution >= 4 is 28.6 Å². The van der Waals surface area contributed by atoms with E-state index >= 15 is 0 Å². The minimum absolute atomic E-state index is 0.0758. The van der Waals surface area contributed by atoms with Crippen LogP contribution in [0.1, 0.15) is 60.9 Å². The van der Waals surface area contributed by atoms with E-state index in [1.54, 1.807) is 4.68 Å². The maximum atomic E-state index is 12.0. The van der Waals surface area contributed by atoms with Crippen LogP contribution in [0.5, 0.6) is 5.75 Å². The summed E-state index contributed by atoms with van der Waals surface area (Å²) in [6.45, 7) is 11.3. The highest BCUT2D eigenvalue weighted by Gasteiger charge is 2.30. The molecular weight excluding hydrogens is 500 g/mol. The van der Waals surface area contributed by atoms with Gasteiger partial charge in [0, 0.05) is 37.7 Å². The van der Waals surface area contributed by atoms with Gasteiger partial charge in [-0.2, -0.15) is 0 Å². The second-order valence-corrected chi connectivity index (χ2v) is 11.1. The monoisotopic (exact) mass is 532 g/mol. The number of rotatable bonds is 7. The van der Waals surface area contributed by atoms with Crippen LogP contribution in [0.2, 0.25) is 5.02 Å². The lowest BCUT2D eigenvalue weighted by atomic mass is 9.86. The fourth-order valence-electron chi connectivity index (χ4n) is 5.44. The predicted molar refractivity (Wildman–Crippen MR) is 149 cm³/mol. The number of benzene rings is 3. The normalized spacial score (nSPS) is 16.0. The molecule has 5 rings (SSSR count). The first-order chi connectivity index (χ1) is 18.1. The topological polar surface area (TPSA) is 80.5 Å². The molecule has 0 unspecified atom stereocenters. The van der Waals surface area contributed by atoms with Gasteiger partial charge < -0.3 is 9.84 Å². The molecule has 0 amide bonds. The van der Waals surface area contributed by atoms with E-state index in [2.05, 4.69) is 54.2 Å². The molecule has 1 N–H and O–H groups in total. The molecule has 198 valence electrons. The van der Waals surface area contributed by atoms with Crippen LogP contribution in [-0.2, 0) is 24.4 Å². The standard InChI is InChI=1S/C30H33ClN4O3/c1-5-35-25-13-12-23(28(31)29(25)32-33-35)24(15-27(36)37)20-11-10-19(2)22(14-20)17-34-16-21-8-6-7-9-26(21)38-30(3,4)18-34/h6-14,24H,5,15-18H2,1-4H3,(H,36,37)/t24-/m1/s1. The maximum Gasteiger partial charge on any atom is 0.304 e. The molecule has 0 saturated carbocycles. The number of aryl methyl sites for hydroxylation is 2. The molecule has 8 heteroatoms. The van der Waals surface area contributed by atoms with E-state index in [0.717, 1.165) is 58.7 Å². The van der Waals surface area contributed by atoms with E-state index in [-0.39, 0.29) is 12.0 Å². The zero-order valence-corrected chi connectivity index (χ0v) is 23.0. The number of ether oxygens (including phenoxy) is 1. The van der Waals surface area contributed by atoms with Crippen molar-refractivity contribution in [1.29, 1.82) is 0 Å². The number of hydrogen-bond acceptors (Lipinski definition) is 5. The number of carboxylic acids is 1. The second kappa shape index (κ2) is 10.4. The van der Waals surface area contributed by atoms with Crippen LogP contribution in [-0.4, -0.2) is 43.1 Å². The van der Waals surface area contributed by atoms with Crippen molar-refractivity contribution < 1.29 is 14.6 Å². The van der Waals surface area contributed by atoms with Gasteiger partial charge in [0.15, 0.2) is 0 Å². The highest BCUT2D eigenvalue weighted by atomic mass is 35.5. The lowest BCUT2D eigenvalue weighted by Crippen LogP contribution is -2.40. The third kappa shape index (κ3) is 5.26. The lowest BCUT2D eigenvalue weighted by Gasteiger charge is -2.30. The van der Waals surface area contributed by atoms with Crippen LogP contribution in [0, 0.1) is 6.92 Å². The molecular formula is C30H33ClN4O3. The van der Waals surface area contributed by atoms with Crippen molar-refractivity contribution in [2.75, 3.05) is 6.54 Å². The van der Waals surface area contributed by atoms with E-state index in [0.29, 0.717) is 17.1 Å². The molecule has 0 aliphatic carbocycles. The smallest absolute Gasteiger partial charge is 0.304 e. The Morgan fingerprint density at radius 3 is 2.74 bits per heavy atom. The number of para-hydroxylation sites is 1. The fourth-order valence-corrected chi connectivity index (χ4v) is 5.76. The number of nitrogens with zero attached hydrogens (tertiary/aromatic N) is 4. The van der Waals surface area contributed by atoms with Gasteiger partial charge in [0.05, 0.1) is 17.0 Å². The molecule has 3 aromatic carbocycles. The molecule has 1 aliphatic heterocycles. The molecule has 0 radical (unpaired) electrons. The van der Waals surface area contributed by atoms with Crippen molar-refractivity contribution in [3.63, 3.8) is 0 Å². The molecule has 0 saturated heterocycles. The summed E-state index contributed by atoms with van der Waals surface area (Å²) in [5.41, 5.74) is 6.23. The van der Waals surface area contributed by atoms with E-state index in [1.165, 1.54) is 0 Å². The van der Waals surface area contributed by atoms with Gasteiger partial charge in [0.1, 0.15) is 16.9 Å². The van der Waals surface area contributed by atoms with E-state index in [1.807, 2.05) is 43.3 Å². The Balaban J connectivity index is 1.51. The first kappa shape index (κ1) is 26.2. The molecule has 1 atom stereocenters. The van der Waals surface area contributed by atoms with Gasteiger partial charge >= 0.3 is 5.97 Å². The van der Waals surface area contributed by atoms with E-state index in [9.17, 15) is 9.90 Å². The summed E-state index contributed by atoms with van der Waals surface area (Å²) in [6.07, 6.45) is -0.0758. The number of carbonyl (C=O) groups is 1. The average Bonchev–Trinajstić information content (AvgIpc) is 3.23. The van der Waals surface area contributed by atoms with E-state index in [4.69, 9.17) is 16.3 Å². The summed E-state index contributed by atoms with van der Waals surface area (Å²) >= 11 is 6.83. The highest BCUT2D eigenvalue weighted by Crippen LogP contribution is 2.38. The summed E-state index contributed by atoms with van der Waals surface area (Å²) in [5.74, 6) is -0.370. The Kier molecular flexibility index (Phi) is 7.16. The van der Waals surface area contributed by atoms with Crippen molar-refractivity contribution in [1.82, 2.24) is 19.9 Å². The zero-order chi connectivity index (χ0) is 27.0. The molecule has 1 aliphatic rings. The average molecular weight is 533 g/mol. The Morgan fingerprint density at radius 2 is 1.97 bits per heavy atom. The number of fused-ring (bicyclic) bond motifs is 2. The summed E-state index contributed by atoms with van der Waals surface area (Å²) in [6, 6.07) is 18.3. The van der Waals surface area contributed by atoms with Gasteiger partial charge in [-0.3, -0.25) is 9.69 Å². The summed E-state index contributed by atoms with van der Waals surface area (Å²) in [7, 11) is 0. The van der Waals surface area contributed by atoms with Crippen molar-refractivity contribution in [3.05, 3.63) is 87.4 Å². The van der Waals surface area contributed by atoms with Crippen LogP contribution < -0.4 is 4.74 Å². The van der Waals surface area contributed by atoms with Crippen LogP contribution in [0.25, 0.3) is 11.0 Å². The number of hydrogen-bond donors (Lipinski definition) is 1. The fraction of sp³-hybridized carbons (Fsp3) is 0.367. The number of carboxylic acid groups (broad SMARTS) is 1. The van der Waals surface area contributed by atoms with Crippen molar-refractivity contribution in [2.45, 2.75) is 65.3 Å². The number of halogens is 1. The highest BCUT2D eigenvalue weighted by molar-refractivity contribution is 6.35. The van der Waals surface area contributed by atoms with Gasteiger partial charge in [-0.1, -0.05) is 59.3 Å². The van der Waals surface area contributed by atoms with Gasteiger partial charge in [-0.05, 0) is 62.1 Å². The number of aromatic nitrogens is 3. The first-order valence-electron chi connectivity index (χ1n) is 13.0. The Morgan fingerprint density at radius 1 is 1.18 bits per heavy atom. The zero-order valence-electron chi connectivity index (χ0n) is 22.2. The van der Waals surface area contributed by atoms with Crippen LogP contribution in [0.4, 0.5) is 0 Å². The SMILES string of the molecule is CCn1nnc2c(Cl)c([C@H](CC(=O)O)c3ccc(C)c(CN4Cc5ccccc5OC(C)(C)C4)c3)ccc21. The summed E-state index contributed by atoms with van der Waals surface area (Å²) < 4.78 is 8.11. The Bertz CT molecular complexity index is 1500. The van der Waals surface area contributed by atoms with Crippen LogP contribution >= 0.6 is 11.6 Å². The minimum atomic E-state index is -0.881. The summed E-state index contributed by atoms with van der Waals surface area (Å²) in [4.78, 5) is 14.4. The van der Waals surface area contributed by atoms with Crippen molar-refractivity contribution in [2.24, 2.45) is 0 Å². The molecule has 4 aromatic rings. The second-order valence-electron chi connectivity index (χ2n) is 10.7. The lowest BCUT2D eigenvalue weighted by molar-refractivity contribution is -0.137. The molecule has 7 nitrogen and oxygen atoms in total. The predicted octanol–water partition coefficient (Wildman–Crippen LogP) is 6.19. The largest absolute Gasteiger partial charge is 0.486 e. The maximum absolute atomic E-state index is 12.0. The van der Waals surface area contributed by atoms with Gasteiger partial charge in [-0.25, -0.2) is 4.68 Å². The molecule has 2 heterocycles. The molecule has 1 aromatic heterocycles. The molecule has 0 fully saturated rings. The quantitative estimate of drug-likeness (QED) is 0.305. The van der Waals surface area contributed by atoms with E-state index < -0.39 is 11.9 Å². The Labute approximate surface area is 228 Å². The molecule has 38 heavy (non-hydrogen) atoms. The van der Waals surface area contributed by atoms with Gasteiger partial charge in [0.2, 0.25) is 0 Å². The van der Waals surface area contributed by atoms with Crippen LogP contribution in [0.15, 0.2) is 54.6 Å². The van der Waals surface area contributed by atoms with Crippen LogP contribution in [0.3, 0.4) is 0 Å². The minimum Gasteiger partial charge on any atom is -0.486 e. The first-order valence-corrected chi connectivity index (χ1v) is 13.3. The van der Waals surface area contributed by atoms with Gasteiger partial charge in [0.25, 0.3) is 0 Å². The third-order valence-electron chi connectivity index (χ3n) is 7.24. The number of aliphatic carboxylic acids is 1. The molecule has 0 bridgehead atoms.